The van der Waals surface area contributed by atoms with E-state index in [2.05, 4.69) is 10.1 Å². The molecule has 1 atom stereocenters. The van der Waals surface area contributed by atoms with E-state index in [1.807, 2.05) is 6.92 Å². The van der Waals surface area contributed by atoms with E-state index in [1.54, 1.807) is 30.3 Å². The Morgan fingerprint density at radius 3 is 2.80 bits per heavy atom. The molecule has 0 amide bonds. The lowest BCUT2D eigenvalue weighted by Gasteiger charge is -2.13. The predicted octanol–water partition coefficient (Wildman–Crippen LogP) is 3.06. The normalized spacial score (nSPS) is 12.2. The highest BCUT2D eigenvalue weighted by Crippen LogP contribution is 2.17. The summed E-state index contributed by atoms with van der Waals surface area (Å²) < 4.78 is 23.5. The molecule has 0 spiro atoms. The fraction of sp³-hybridized carbons (Fsp3) is 0.267. The number of hydrogen-bond donors (Lipinski definition) is 1. The average Bonchev–Trinajstić information content (AvgIpc) is 2.93. The van der Waals surface area contributed by atoms with Crippen molar-refractivity contribution in [1.29, 1.82) is 0 Å². The fourth-order valence-corrected chi connectivity index (χ4v) is 1.87. The number of carbonyl (C=O) groups excluding carboxylic acids is 1. The van der Waals surface area contributed by atoms with Gasteiger partial charge in [0.2, 0.25) is 5.76 Å². The highest BCUT2D eigenvalue weighted by atomic mass is 19.1. The Morgan fingerprint density at radius 1 is 1.35 bits per heavy atom. The SMILES string of the molecule is COC(=O)c1ccc(CN[C@H](C)c2ccccc2F)o1. The van der Waals surface area contributed by atoms with Crippen LogP contribution in [0.5, 0.6) is 0 Å². The minimum absolute atomic E-state index is 0.155. The van der Waals surface area contributed by atoms with Crippen LogP contribution in [0.25, 0.3) is 0 Å². The molecule has 20 heavy (non-hydrogen) atoms. The molecule has 0 saturated heterocycles. The molecule has 1 N–H and O–H groups in total. The van der Waals surface area contributed by atoms with Crippen molar-refractivity contribution < 1.29 is 18.3 Å². The van der Waals surface area contributed by atoms with Crippen molar-refractivity contribution in [2.75, 3.05) is 7.11 Å². The van der Waals surface area contributed by atoms with Gasteiger partial charge < -0.3 is 14.5 Å². The number of benzene rings is 1. The summed E-state index contributed by atoms with van der Waals surface area (Å²) in [6.45, 7) is 2.26. The molecule has 4 nitrogen and oxygen atoms in total. The molecule has 2 rings (SSSR count). The Morgan fingerprint density at radius 2 is 2.10 bits per heavy atom. The van der Waals surface area contributed by atoms with Crippen LogP contribution in [0.2, 0.25) is 0 Å². The first-order chi connectivity index (χ1) is 9.61. The Kier molecular flexibility index (Phi) is 4.53. The molecular weight excluding hydrogens is 261 g/mol. The van der Waals surface area contributed by atoms with Crippen LogP contribution in [0.1, 0.15) is 34.8 Å². The molecule has 2 aromatic rings. The van der Waals surface area contributed by atoms with Gasteiger partial charge in [0.1, 0.15) is 11.6 Å². The summed E-state index contributed by atoms with van der Waals surface area (Å²) in [6.07, 6.45) is 0. The van der Waals surface area contributed by atoms with E-state index in [4.69, 9.17) is 4.42 Å². The number of rotatable bonds is 5. The standard InChI is InChI=1S/C15H16FNO3/c1-10(12-5-3-4-6-13(12)16)17-9-11-7-8-14(20-11)15(18)19-2/h3-8,10,17H,9H2,1-2H3/t10-/m1/s1. The summed E-state index contributed by atoms with van der Waals surface area (Å²) in [4.78, 5) is 11.2. The van der Waals surface area contributed by atoms with E-state index >= 15 is 0 Å². The first-order valence-electron chi connectivity index (χ1n) is 6.26. The molecule has 1 aromatic heterocycles. The second kappa shape index (κ2) is 6.34. The minimum atomic E-state index is -0.515. The van der Waals surface area contributed by atoms with Crippen molar-refractivity contribution in [1.82, 2.24) is 5.32 Å². The average molecular weight is 277 g/mol. The molecule has 106 valence electrons. The van der Waals surface area contributed by atoms with Crippen molar-refractivity contribution in [3.8, 4) is 0 Å². The van der Waals surface area contributed by atoms with Crippen molar-refractivity contribution in [2.45, 2.75) is 19.5 Å². The molecular formula is C15H16FNO3. The molecule has 1 heterocycles. The topological polar surface area (TPSA) is 51.5 Å². The van der Waals surface area contributed by atoms with Gasteiger partial charge >= 0.3 is 5.97 Å². The quantitative estimate of drug-likeness (QED) is 0.853. The summed E-state index contributed by atoms with van der Waals surface area (Å²) in [5, 5.41) is 3.14. The van der Waals surface area contributed by atoms with Crippen LogP contribution in [0, 0.1) is 5.82 Å². The molecule has 5 heteroatoms. The smallest absolute Gasteiger partial charge is 0.373 e. The van der Waals surface area contributed by atoms with Crippen molar-refractivity contribution in [2.24, 2.45) is 0 Å². The highest BCUT2D eigenvalue weighted by molar-refractivity contribution is 5.86. The lowest BCUT2D eigenvalue weighted by atomic mass is 10.1. The van der Waals surface area contributed by atoms with Crippen molar-refractivity contribution in [3.63, 3.8) is 0 Å². The largest absolute Gasteiger partial charge is 0.463 e. The molecule has 1 aromatic carbocycles. The van der Waals surface area contributed by atoms with E-state index < -0.39 is 5.97 Å². The summed E-state index contributed by atoms with van der Waals surface area (Å²) in [5.41, 5.74) is 0.590. The maximum absolute atomic E-state index is 13.6. The van der Waals surface area contributed by atoms with Gasteiger partial charge in [0.15, 0.2) is 0 Å². The number of furan rings is 1. The van der Waals surface area contributed by atoms with Crippen LogP contribution in [0.3, 0.4) is 0 Å². The van der Waals surface area contributed by atoms with Crippen LogP contribution >= 0.6 is 0 Å². The van der Waals surface area contributed by atoms with Gasteiger partial charge in [-0.05, 0) is 25.1 Å². The van der Waals surface area contributed by atoms with Crippen LogP contribution < -0.4 is 5.32 Å². The molecule has 0 fully saturated rings. The number of methoxy groups -OCH3 is 1. The summed E-state index contributed by atoms with van der Waals surface area (Å²) in [6, 6.07) is 9.68. The molecule has 0 unspecified atom stereocenters. The number of nitrogens with one attached hydrogen (secondary N) is 1. The van der Waals surface area contributed by atoms with Crippen molar-refractivity contribution in [3.05, 3.63) is 59.3 Å². The van der Waals surface area contributed by atoms with Crippen LogP contribution in [0.4, 0.5) is 4.39 Å². The Bertz CT molecular complexity index is 594. The Balaban J connectivity index is 1.97. The van der Waals surface area contributed by atoms with Crippen molar-refractivity contribution >= 4 is 5.97 Å². The van der Waals surface area contributed by atoms with Crippen LogP contribution in [-0.2, 0) is 11.3 Å². The van der Waals surface area contributed by atoms with Crippen LogP contribution in [0.15, 0.2) is 40.8 Å². The number of esters is 1. The molecule has 0 radical (unpaired) electrons. The number of carbonyl (C=O) groups is 1. The van der Waals surface area contributed by atoms with Crippen LogP contribution in [-0.4, -0.2) is 13.1 Å². The summed E-state index contributed by atoms with van der Waals surface area (Å²) in [7, 11) is 1.29. The van der Waals surface area contributed by atoms with E-state index in [0.717, 1.165) is 0 Å². The highest BCUT2D eigenvalue weighted by Gasteiger charge is 2.13. The molecule has 0 aliphatic carbocycles. The molecule has 0 aliphatic heterocycles. The number of ether oxygens (including phenoxy) is 1. The Hall–Kier alpha value is -2.14. The maximum Gasteiger partial charge on any atom is 0.373 e. The third kappa shape index (κ3) is 3.24. The monoisotopic (exact) mass is 277 g/mol. The molecule has 0 saturated carbocycles. The number of halogens is 1. The third-order valence-corrected chi connectivity index (χ3v) is 3.00. The second-order valence-electron chi connectivity index (χ2n) is 4.38. The van der Waals surface area contributed by atoms with E-state index in [9.17, 15) is 9.18 Å². The van der Waals surface area contributed by atoms with Gasteiger partial charge in [0, 0.05) is 11.6 Å². The van der Waals surface area contributed by atoms with E-state index in [-0.39, 0.29) is 17.6 Å². The zero-order chi connectivity index (χ0) is 14.5. The van der Waals surface area contributed by atoms with E-state index in [1.165, 1.54) is 13.2 Å². The maximum atomic E-state index is 13.6. The first-order valence-corrected chi connectivity index (χ1v) is 6.26. The minimum Gasteiger partial charge on any atom is -0.463 e. The lowest BCUT2D eigenvalue weighted by molar-refractivity contribution is 0.0563. The summed E-state index contributed by atoms with van der Waals surface area (Å²) >= 11 is 0. The number of hydrogen-bond acceptors (Lipinski definition) is 4. The van der Waals surface area contributed by atoms with Gasteiger partial charge in [-0.1, -0.05) is 18.2 Å². The predicted molar refractivity (Wildman–Crippen MR) is 71.7 cm³/mol. The van der Waals surface area contributed by atoms with Gasteiger partial charge in [-0.2, -0.15) is 0 Å². The third-order valence-electron chi connectivity index (χ3n) is 3.00. The molecule has 0 bridgehead atoms. The zero-order valence-corrected chi connectivity index (χ0v) is 11.4. The van der Waals surface area contributed by atoms with Gasteiger partial charge in [-0.25, -0.2) is 9.18 Å². The van der Waals surface area contributed by atoms with Gasteiger partial charge in [0.25, 0.3) is 0 Å². The molecule has 0 aliphatic rings. The Labute approximate surface area is 116 Å². The van der Waals surface area contributed by atoms with Gasteiger partial charge in [-0.15, -0.1) is 0 Å². The second-order valence-corrected chi connectivity index (χ2v) is 4.38. The fourth-order valence-electron chi connectivity index (χ4n) is 1.87. The lowest BCUT2D eigenvalue weighted by Crippen LogP contribution is -2.18. The van der Waals surface area contributed by atoms with Gasteiger partial charge in [-0.3, -0.25) is 0 Å². The van der Waals surface area contributed by atoms with E-state index in [0.29, 0.717) is 17.9 Å². The first kappa shape index (κ1) is 14.3. The summed E-state index contributed by atoms with van der Waals surface area (Å²) in [5.74, 6) is -0.0166. The van der Waals surface area contributed by atoms with Gasteiger partial charge in [0.05, 0.1) is 13.7 Å². The zero-order valence-electron chi connectivity index (χ0n) is 11.4.